The lowest BCUT2D eigenvalue weighted by Crippen LogP contribution is -2.40. The number of piperidine rings is 1. The summed E-state index contributed by atoms with van der Waals surface area (Å²) in [7, 11) is 0. The molecule has 1 radical (unpaired) electrons. The Bertz CT molecular complexity index is 1200. The van der Waals surface area contributed by atoms with Gasteiger partial charge in [0.1, 0.15) is 12.3 Å². The molecule has 0 N–H and O–H groups in total. The van der Waals surface area contributed by atoms with Gasteiger partial charge in [0, 0.05) is 47.1 Å². The molecule has 0 aliphatic carbocycles. The van der Waals surface area contributed by atoms with Crippen molar-refractivity contribution >= 4 is 34.6 Å². The third kappa shape index (κ3) is 4.68. The van der Waals surface area contributed by atoms with Gasteiger partial charge in [0.15, 0.2) is 6.10 Å². The maximum atomic E-state index is 12.7. The number of hydrogen-bond acceptors (Lipinski definition) is 6. The van der Waals surface area contributed by atoms with E-state index in [4.69, 9.17) is 21.4 Å². The average Bonchev–Trinajstić information content (AvgIpc) is 3.54. The van der Waals surface area contributed by atoms with Gasteiger partial charge in [0.05, 0.1) is 16.4 Å². The van der Waals surface area contributed by atoms with E-state index in [1.165, 1.54) is 0 Å². The normalized spacial score (nSPS) is 18.9. The van der Waals surface area contributed by atoms with Gasteiger partial charge >= 0.3 is 0 Å². The fraction of sp³-hybridized carbons (Fsp3) is 0.417. The monoisotopic (exact) mass is 482 g/mol. The van der Waals surface area contributed by atoms with Crippen molar-refractivity contribution in [1.82, 2.24) is 19.7 Å². The van der Waals surface area contributed by atoms with Crippen LogP contribution in [-0.4, -0.2) is 44.4 Å². The Morgan fingerprint density at radius 2 is 2.15 bits per heavy atom. The first kappa shape index (κ1) is 22.1. The fourth-order valence-electron chi connectivity index (χ4n) is 4.41. The SMILES string of the molecule is Cc1cc(C)n(CC(=O)N2CCC(c3nc(C4=NOC(c5[c]cccc5Cl)C4)cs3)CC2)n1. The fourth-order valence-corrected chi connectivity index (χ4v) is 5.66. The molecular formula is C24H25ClN5O2S. The molecule has 9 heteroatoms. The van der Waals surface area contributed by atoms with Gasteiger partial charge in [-0.2, -0.15) is 5.10 Å². The summed E-state index contributed by atoms with van der Waals surface area (Å²) in [6.07, 6.45) is 2.23. The zero-order chi connectivity index (χ0) is 22.9. The first-order chi connectivity index (χ1) is 16.0. The van der Waals surface area contributed by atoms with Crippen molar-refractivity contribution in [2.24, 2.45) is 5.16 Å². The van der Waals surface area contributed by atoms with Gasteiger partial charge < -0.3 is 9.74 Å². The van der Waals surface area contributed by atoms with Crippen LogP contribution in [0, 0.1) is 19.9 Å². The third-order valence-electron chi connectivity index (χ3n) is 6.23. The standard InChI is InChI=1S/C24H25ClN5O2S/c1-15-11-16(2)30(27-15)13-23(31)29-9-7-17(8-10-29)24-26-21(14-33-24)20-12-22(32-28-20)18-5-3-4-6-19(18)25/h3-4,6,11,14,17,22H,7-10,12-13H2,1-2H3. The van der Waals surface area contributed by atoms with Crippen LogP contribution in [0.5, 0.6) is 0 Å². The van der Waals surface area contributed by atoms with E-state index in [-0.39, 0.29) is 12.0 Å². The second kappa shape index (κ2) is 9.27. The van der Waals surface area contributed by atoms with Gasteiger partial charge in [-0.1, -0.05) is 28.9 Å². The molecule has 0 spiro atoms. The van der Waals surface area contributed by atoms with Crippen LogP contribution in [0.4, 0.5) is 0 Å². The Kier molecular flexibility index (Phi) is 6.21. The number of aromatic nitrogens is 3. The molecule has 1 unspecified atom stereocenters. The highest BCUT2D eigenvalue weighted by Gasteiger charge is 2.29. The smallest absolute Gasteiger partial charge is 0.244 e. The van der Waals surface area contributed by atoms with E-state index in [2.05, 4.69) is 21.7 Å². The van der Waals surface area contributed by atoms with Crippen LogP contribution in [-0.2, 0) is 16.2 Å². The van der Waals surface area contributed by atoms with Gasteiger partial charge in [-0.05, 0) is 44.9 Å². The number of rotatable bonds is 5. The number of carbonyl (C=O) groups is 1. The molecule has 2 aromatic heterocycles. The van der Waals surface area contributed by atoms with Gasteiger partial charge in [0.25, 0.3) is 0 Å². The van der Waals surface area contributed by atoms with Crippen molar-refractivity contribution in [1.29, 1.82) is 0 Å². The second-order valence-corrected chi connectivity index (χ2v) is 9.88. The summed E-state index contributed by atoms with van der Waals surface area (Å²) in [6, 6.07) is 10.7. The number of amides is 1. The average molecular weight is 483 g/mol. The number of oxime groups is 1. The molecule has 1 aromatic carbocycles. The zero-order valence-electron chi connectivity index (χ0n) is 18.6. The molecule has 0 bridgehead atoms. The van der Waals surface area contributed by atoms with Crippen molar-refractivity contribution in [2.45, 2.75) is 51.7 Å². The van der Waals surface area contributed by atoms with E-state index in [0.29, 0.717) is 23.9 Å². The van der Waals surface area contributed by atoms with E-state index in [9.17, 15) is 4.79 Å². The largest absolute Gasteiger partial charge is 0.387 e. The van der Waals surface area contributed by atoms with Crippen molar-refractivity contribution in [2.75, 3.05) is 13.1 Å². The quantitative estimate of drug-likeness (QED) is 0.529. The molecule has 2 aliphatic heterocycles. The molecule has 171 valence electrons. The molecule has 0 saturated carbocycles. The van der Waals surface area contributed by atoms with Gasteiger partial charge in [-0.3, -0.25) is 9.48 Å². The van der Waals surface area contributed by atoms with Crippen molar-refractivity contribution in [3.05, 3.63) is 68.4 Å². The summed E-state index contributed by atoms with van der Waals surface area (Å²) in [4.78, 5) is 25.2. The number of likely N-dealkylation sites (tertiary alicyclic amines) is 1. The second-order valence-electron chi connectivity index (χ2n) is 8.58. The molecule has 7 nitrogen and oxygen atoms in total. The summed E-state index contributed by atoms with van der Waals surface area (Å²) in [5.41, 5.74) is 4.48. The molecule has 33 heavy (non-hydrogen) atoms. The number of nitrogens with zero attached hydrogens (tertiary/aromatic N) is 5. The Morgan fingerprint density at radius 1 is 1.33 bits per heavy atom. The highest BCUT2D eigenvalue weighted by atomic mass is 35.5. The van der Waals surface area contributed by atoms with E-state index in [0.717, 1.165) is 59.3 Å². The van der Waals surface area contributed by atoms with Crippen LogP contribution >= 0.6 is 22.9 Å². The van der Waals surface area contributed by atoms with Crippen LogP contribution in [0.2, 0.25) is 5.02 Å². The molecule has 1 amide bonds. The predicted molar refractivity (Wildman–Crippen MR) is 128 cm³/mol. The minimum atomic E-state index is -0.227. The number of carbonyl (C=O) groups excluding carboxylic acids is 1. The topological polar surface area (TPSA) is 72.6 Å². The van der Waals surface area contributed by atoms with E-state index < -0.39 is 0 Å². The Balaban J connectivity index is 1.17. The number of benzene rings is 1. The molecule has 5 rings (SSSR count). The highest BCUT2D eigenvalue weighted by Crippen LogP contribution is 2.35. The summed E-state index contributed by atoms with van der Waals surface area (Å²) >= 11 is 7.94. The maximum Gasteiger partial charge on any atom is 0.244 e. The maximum absolute atomic E-state index is 12.7. The number of halogens is 1. The molecule has 2 aliphatic rings. The van der Waals surface area contributed by atoms with Crippen LogP contribution in [0.15, 0.2) is 34.8 Å². The first-order valence-electron chi connectivity index (χ1n) is 11.1. The van der Waals surface area contributed by atoms with Crippen molar-refractivity contribution in [3.8, 4) is 0 Å². The lowest BCUT2D eigenvalue weighted by molar-refractivity contribution is -0.133. The van der Waals surface area contributed by atoms with Crippen molar-refractivity contribution in [3.63, 3.8) is 0 Å². The lowest BCUT2D eigenvalue weighted by atomic mass is 9.97. The minimum Gasteiger partial charge on any atom is -0.387 e. The highest BCUT2D eigenvalue weighted by molar-refractivity contribution is 7.10. The Morgan fingerprint density at radius 3 is 2.88 bits per heavy atom. The summed E-state index contributed by atoms with van der Waals surface area (Å²) in [5.74, 6) is 0.483. The predicted octanol–water partition coefficient (Wildman–Crippen LogP) is 4.68. The lowest BCUT2D eigenvalue weighted by Gasteiger charge is -2.31. The molecule has 1 saturated heterocycles. The Hall–Kier alpha value is -2.71. The minimum absolute atomic E-state index is 0.124. The van der Waals surface area contributed by atoms with Gasteiger partial charge in [-0.15, -0.1) is 11.3 Å². The molecule has 3 aromatic rings. The number of hydrogen-bond donors (Lipinski definition) is 0. The van der Waals surface area contributed by atoms with Crippen LogP contribution in [0.1, 0.15) is 58.9 Å². The number of thiazole rings is 1. The van der Waals surface area contributed by atoms with Gasteiger partial charge in [-0.25, -0.2) is 4.98 Å². The summed E-state index contributed by atoms with van der Waals surface area (Å²) < 4.78 is 1.79. The Labute approximate surface area is 202 Å². The van der Waals surface area contributed by atoms with Crippen molar-refractivity contribution < 1.29 is 9.63 Å². The summed E-state index contributed by atoms with van der Waals surface area (Å²) in [6.45, 7) is 5.71. The van der Waals surface area contributed by atoms with Crippen LogP contribution < -0.4 is 0 Å². The molecule has 1 atom stereocenters. The zero-order valence-corrected chi connectivity index (χ0v) is 20.2. The first-order valence-corrected chi connectivity index (χ1v) is 12.4. The summed E-state index contributed by atoms with van der Waals surface area (Å²) in [5, 5.41) is 12.5. The molecule has 4 heterocycles. The molecular weight excluding hydrogens is 458 g/mol. The van der Waals surface area contributed by atoms with E-state index in [1.807, 2.05) is 43.0 Å². The van der Waals surface area contributed by atoms with Crippen LogP contribution in [0.3, 0.4) is 0 Å². The van der Waals surface area contributed by atoms with E-state index in [1.54, 1.807) is 16.0 Å². The number of aryl methyl sites for hydroxylation is 2. The van der Waals surface area contributed by atoms with Crippen LogP contribution in [0.25, 0.3) is 0 Å². The third-order valence-corrected chi connectivity index (χ3v) is 7.57. The van der Waals surface area contributed by atoms with E-state index >= 15 is 0 Å². The molecule has 1 fully saturated rings. The van der Waals surface area contributed by atoms with Gasteiger partial charge in [0.2, 0.25) is 5.91 Å².